The molecule has 0 saturated heterocycles. The van der Waals surface area contributed by atoms with E-state index >= 15 is 0 Å². The molecule has 0 fully saturated rings. The van der Waals surface area contributed by atoms with E-state index in [2.05, 4.69) is 5.10 Å². The first-order chi connectivity index (χ1) is 8.61. The van der Waals surface area contributed by atoms with Crippen LogP contribution in [0.15, 0.2) is 30.5 Å². The molecule has 18 heavy (non-hydrogen) atoms. The summed E-state index contributed by atoms with van der Waals surface area (Å²) in [4.78, 5) is 11.6. The van der Waals surface area contributed by atoms with Gasteiger partial charge in [-0.1, -0.05) is 19.1 Å². The van der Waals surface area contributed by atoms with Crippen LogP contribution in [0.2, 0.25) is 0 Å². The van der Waals surface area contributed by atoms with Crippen LogP contribution >= 0.6 is 0 Å². The number of Topliss-reactive ketones (excluding diaryl/α,β-unsaturated/α-hetero) is 1. The van der Waals surface area contributed by atoms with Gasteiger partial charge in [-0.05, 0) is 24.6 Å². The van der Waals surface area contributed by atoms with E-state index in [4.69, 9.17) is 0 Å². The third kappa shape index (κ3) is 2.47. The lowest BCUT2D eigenvalue weighted by atomic mass is 10.1. The van der Waals surface area contributed by atoms with Crippen molar-refractivity contribution in [2.45, 2.75) is 26.8 Å². The molecule has 0 amide bonds. The van der Waals surface area contributed by atoms with E-state index in [0.717, 1.165) is 11.3 Å². The Bertz CT molecular complexity index is 558. The van der Waals surface area contributed by atoms with Crippen molar-refractivity contribution >= 4 is 5.78 Å². The molecule has 0 spiro atoms. The number of carbonyl (C=O) groups is 1. The van der Waals surface area contributed by atoms with E-state index in [1.165, 1.54) is 12.1 Å². The molecule has 2 rings (SSSR count). The standard InChI is InChI=1S/C14H15FN2O/c1-3-14(18)13-8-16-17(10(13)2)9-11-4-6-12(15)7-5-11/h4-8H,3,9H2,1-2H3. The number of hydrogen-bond acceptors (Lipinski definition) is 2. The van der Waals surface area contributed by atoms with Gasteiger partial charge < -0.3 is 0 Å². The smallest absolute Gasteiger partial charge is 0.166 e. The summed E-state index contributed by atoms with van der Waals surface area (Å²) in [5, 5.41) is 4.20. The maximum absolute atomic E-state index is 12.8. The van der Waals surface area contributed by atoms with E-state index < -0.39 is 0 Å². The highest BCUT2D eigenvalue weighted by Gasteiger charge is 2.12. The zero-order valence-electron chi connectivity index (χ0n) is 10.5. The highest BCUT2D eigenvalue weighted by Crippen LogP contribution is 2.12. The highest BCUT2D eigenvalue weighted by atomic mass is 19.1. The van der Waals surface area contributed by atoms with Gasteiger partial charge in [-0.3, -0.25) is 9.48 Å². The molecular weight excluding hydrogens is 231 g/mol. The molecule has 0 atom stereocenters. The summed E-state index contributed by atoms with van der Waals surface area (Å²) < 4.78 is 14.6. The maximum atomic E-state index is 12.8. The quantitative estimate of drug-likeness (QED) is 0.777. The Morgan fingerprint density at radius 2 is 2.00 bits per heavy atom. The Labute approximate surface area is 105 Å². The molecule has 0 radical (unpaired) electrons. The van der Waals surface area contributed by atoms with Gasteiger partial charge in [0.15, 0.2) is 5.78 Å². The van der Waals surface area contributed by atoms with E-state index in [0.29, 0.717) is 18.5 Å². The minimum absolute atomic E-state index is 0.0952. The van der Waals surface area contributed by atoms with E-state index in [1.807, 2.05) is 13.8 Å². The average Bonchev–Trinajstić information content (AvgIpc) is 2.73. The molecular formula is C14H15FN2O. The normalized spacial score (nSPS) is 10.6. The monoisotopic (exact) mass is 246 g/mol. The SMILES string of the molecule is CCC(=O)c1cnn(Cc2ccc(F)cc2)c1C. The van der Waals surface area contributed by atoms with Crippen molar-refractivity contribution in [1.82, 2.24) is 9.78 Å². The van der Waals surface area contributed by atoms with Gasteiger partial charge in [-0.15, -0.1) is 0 Å². The van der Waals surface area contributed by atoms with Crippen molar-refractivity contribution < 1.29 is 9.18 Å². The summed E-state index contributed by atoms with van der Waals surface area (Å²) >= 11 is 0. The van der Waals surface area contributed by atoms with Crippen molar-refractivity contribution in [3.05, 3.63) is 53.1 Å². The van der Waals surface area contributed by atoms with E-state index in [1.54, 1.807) is 23.0 Å². The molecule has 94 valence electrons. The van der Waals surface area contributed by atoms with Gasteiger partial charge in [-0.25, -0.2) is 4.39 Å². The van der Waals surface area contributed by atoms with Crippen molar-refractivity contribution in [1.29, 1.82) is 0 Å². The Hall–Kier alpha value is -1.97. The Morgan fingerprint density at radius 1 is 1.33 bits per heavy atom. The fraction of sp³-hybridized carbons (Fsp3) is 0.286. The minimum Gasteiger partial charge on any atom is -0.294 e. The molecule has 0 saturated carbocycles. The first-order valence-corrected chi connectivity index (χ1v) is 5.92. The lowest BCUT2D eigenvalue weighted by Crippen LogP contribution is -2.05. The van der Waals surface area contributed by atoms with Crippen LogP contribution in [0, 0.1) is 12.7 Å². The van der Waals surface area contributed by atoms with Gasteiger partial charge in [-0.2, -0.15) is 5.10 Å². The van der Waals surface area contributed by atoms with Crippen LogP contribution in [0.5, 0.6) is 0 Å². The molecule has 2 aromatic rings. The number of nitrogens with zero attached hydrogens (tertiary/aromatic N) is 2. The Balaban J connectivity index is 2.22. The van der Waals surface area contributed by atoms with Crippen LogP contribution in [0.1, 0.15) is 35.0 Å². The number of carbonyl (C=O) groups excluding carboxylic acids is 1. The van der Waals surface area contributed by atoms with Gasteiger partial charge in [0.2, 0.25) is 0 Å². The molecule has 1 aromatic heterocycles. The predicted octanol–water partition coefficient (Wildman–Crippen LogP) is 2.97. The summed E-state index contributed by atoms with van der Waals surface area (Å²) in [5.74, 6) is -0.157. The summed E-state index contributed by atoms with van der Waals surface area (Å²) in [6, 6.07) is 6.29. The molecule has 0 aliphatic rings. The van der Waals surface area contributed by atoms with E-state index in [9.17, 15) is 9.18 Å². The number of benzene rings is 1. The van der Waals surface area contributed by atoms with Crippen molar-refractivity contribution in [2.24, 2.45) is 0 Å². The van der Waals surface area contributed by atoms with Crippen LogP contribution in [0.3, 0.4) is 0 Å². The second-order valence-electron chi connectivity index (χ2n) is 4.20. The first-order valence-electron chi connectivity index (χ1n) is 5.92. The van der Waals surface area contributed by atoms with Crippen LogP contribution in [-0.4, -0.2) is 15.6 Å². The number of ketones is 1. The largest absolute Gasteiger partial charge is 0.294 e. The van der Waals surface area contributed by atoms with Gasteiger partial charge in [0.1, 0.15) is 5.82 Å². The molecule has 0 aliphatic heterocycles. The fourth-order valence-electron chi connectivity index (χ4n) is 1.83. The molecule has 0 aliphatic carbocycles. The average molecular weight is 246 g/mol. The number of aromatic nitrogens is 2. The van der Waals surface area contributed by atoms with Crippen LogP contribution in [0.25, 0.3) is 0 Å². The number of halogens is 1. The van der Waals surface area contributed by atoms with Gasteiger partial charge >= 0.3 is 0 Å². The second-order valence-corrected chi connectivity index (χ2v) is 4.20. The minimum atomic E-state index is -0.252. The lowest BCUT2D eigenvalue weighted by Gasteiger charge is -2.05. The lowest BCUT2D eigenvalue weighted by molar-refractivity contribution is 0.0987. The van der Waals surface area contributed by atoms with Gasteiger partial charge in [0.25, 0.3) is 0 Å². The third-order valence-electron chi connectivity index (χ3n) is 2.97. The molecule has 0 unspecified atom stereocenters. The molecule has 1 heterocycles. The second kappa shape index (κ2) is 5.12. The van der Waals surface area contributed by atoms with Gasteiger partial charge in [0.05, 0.1) is 18.3 Å². The summed E-state index contributed by atoms with van der Waals surface area (Å²) in [5.41, 5.74) is 2.48. The van der Waals surface area contributed by atoms with Crippen molar-refractivity contribution in [2.75, 3.05) is 0 Å². The summed E-state index contributed by atoms with van der Waals surface area (Å²) in [6.07, 6.45) is 2.08. The summed E-state index contributed by atoms with van der Waals surface area (Å²) in [7, 11) is 0. The van der Waals surface area contributed by atoms with Crippen molar-refractivity contribution in [3.8, 4) is 0 Å². The first kappa shape index (κ1) is 12.5. The highest BCUT2D eigenvalue weighted by molar-refractivity contribution is 5.96. The number of rotatable bonds is 4. The fourth-order valence-corrected chi connectivity index (χ4v) is 1.83. The predicted molar refractivity (Wildman–Crippen MR) is 67.1 cm³/mol. The molecule has 3 nitrogen and oxygen atoms in total. The molecule has 0 bridgehead atoms. The topological polar surface area (TPSA) is 34.9 Å². The van der Waals surface area contributed by atoms with E-state index in [-0.39, 0.29) is 11.6 Å². The number of hydrogen-bond donors (Lipinski definition) is 0. The Morgan fingerprint density at radius 3 is 2.61 bits per heavy atom. The zero-order chi connectivity index (χ0) is 13.1. The van der Waals surface area contributed by atoms with Gasteiger partial charge in [0, 0.05) is 12.1 Å². The third-order valence-corrected chi connectivity index (χ3v) is 2.97. The Kier molecular flexibility index (Phi) is 3.55. The van der Waals surface area contributed by atoms with Crippen molar-refractivity contribution in [3.63, 3.8) is 0 Å². The molecule has 0 N–H and O–H groups in total. The molecule has 4 heteroatoms. The van der Waals surface area contributed by atoms with Crippen LogP contribution in [-0.2, 0) is 6.54 Å². The van der Waals surface area contributed by atoms with Crippen LogP contribution in [0.4, 0.5) is 4.39 Å². The maximum Gasteiger partial charge on any atom is 0.166 e. The summed E-state index contributed by atoms with van der Waals surface area (Å²) in [6.45, 7) is 4.25. The molecule has 1 aromatic carbocycles. The van der Waals surface area contributed by atoms with Crippen LogP contribution < -0.4 is 0 Å². The zero-order valence-corrected chi connectivity index (χ0v) is 10.5.